The van der Waals surface area contributed by atoms with Gasteiger partial charge >= 0.3 is 5.97 Å². The summed E-state index contributed by atoms with van der Waals surface area (Å²) in [4.78, 5) is 37.5. The Hall–Kier alpha value is -4.33. The quantitative estimate of drug-likeness (QED) is 0.445. The molecule has 4 rings (SSSR count). The second-order valence-electron chi connectivity index (χ2n) is 7.87. The molecule has 1 amide bonds. The smallest absolute Gasteiger partial charge is 0.309 e. The zero-order chi connectivity index (χ0) is 24.4. The topological polar surface area (TPSA) is 88.4 Å². The summed E-state index contributed by atoms with van der Waals surface area (Å²) < 4.78 is 27.8. The van der Waals surface area contributed by atoms with E-state index in [1.165, 1.54) is 65.2 Å². The lowest BCUT2D eigenvalue weighted by Gasteiger charge is -2.16. The summed E-state index contributed by atoms with van der Waals surface area (Å²) in [5, 5.41) is 12.9. The van der Waals surface area contributed by atoms with Crippen LogP contribution >= 0.6 is 0 Å². The van der Waals surface area contributed by atoms with Crippen molar-refractivity contribution in [3.05, 3.63) is 112 Å². The minimum Gasteiger partial charge on any atom is -0.481 e. The van der Waals surface area contributed by atoms with Crippen LogP contribution in [-0.4, -0.2) is 21.6 Å². The summed E-state index contributed by atoms with van der Waals surface area (Å²) in [5.41, 5.74) is 1.04. The summed E-state index contributed by atoms with van der Waals surface area (Å²) in [6, 6.07) is 16.6. The number of benzene rings is 3. The van der Waals surface area contributed by atoms with Crippen molar-refractivity contribution in [1.29, 1.82) is 0 Å². The van der Waals surface area contributed by atoms with E-state index in [9.17, 15) is 28.3 Å². The molecule has 0 spiro atoms. The number of aliphatic carboxylic acids is 1. The molecule has 34 heavy (non-hydrogen) atoms. The molecule has 0 aliphatic carbocycles. The summed E-state index contributed by atoms with van der Waals surface area (Å²) in [5.74, 6) is -2.40. The highest BCUT2D eigenvalue weighted by Gasteiger charge is 2.17. The standard InChI is InChI=1S/C26H20F2N2O4/c1-15(16-2-5-19(27)6-3-16)29-25(33)17-4-11-23-18(12-17)13-22(14-24(31)32)30(26(23)34)21-9-7-20(28)8-10-21/h2-13,15H,14H2,1H3,(H,29,33)(H,31,32). The number of rotatable bonds is 6. The molecule has 0 saturated carbocycles. The normalized spacial score (nSPS) is 11.9. The van der Waals surface area contributed by atoms with Crippen LogP contribution in [0.5, 0.6) is 0 Å². The minimum absolute atomic E-state index is 0.189. The highest BCUT2D eigenvalue weighted by molar-refractivity contribution is 5.98. The van der Waals surface area contributed by atoms with Gasteiger partial charge in [0.05, 0.1) is 12.5 Å². The molecule has 8 heteroatoms. The van der Waals surface area contributed by atoms with Crippen LogP contribution in [-0.2, 0) is 11.2 Å². The Morgan fingerprint density at radius 1 is 0.941 bits per heavy atom. The van der Waals surface area contributed by atoms with E-state index in [0.29, 0.717) is 11.1 Å². The number of fused-ring (bicyclic) bond motifs is 1. The van der Waals surface area contributed by atoms with Gasteiger partial charge in [-0.1, -0.05) is 12.1 Å². The molecule has 0 fully saturated rings. The largest absolute Gasteiger partial charge is 0.481 e. The predicted molar refractivity (Wildman–Crippen MR) is 123 cm³/mol. The Bertz CT molecular complexity index is 1450. The van der Waals surface area contributed by atoms with Crippen molar-refractivity contribution in [1.82, 2.24) is 9.88 Å². The zero-order valence-corrected chi connectivity index (χ0v) is 18.1. The van der Waals surface area contributed by atoms with Crippen LogP contribution in [0.15, 0.2) is 77.6 Å². The monoisotopic (exact) mass is 462 g/mol. The fraction of sp³-hybridized carbons (Fsp3) is 0.115. The van der Waals surface area contributed by atoms with E-state index in [-0.39, 0.29) is 22.5 Å². The van der Waals surface area contributed by atoms with Crippen LogP contribution in [0.3, 0.4) is 0 Å². The van der Waals surface area contributed by atoms with Crippen LogP contribution in [0.1, 0.15) is 34.6 Å². The molecule has 0 radical (unpaired) electrons. The molecule has 172 valence electrons. The van der Waals surface area contributed by atoms with Gasteiger partial charge in [0.25, 0.3) is 11.5 Å². The van der Waals surface area contributed by atoms with Gasteiger partial charge in [0.15, 0.2) is 0 Å². The van der Waals surface area contributed by atoms with Crippen molar-refractivity contribution < 1.29 is 23.5 Å². The number of carboxylic acids is 1. The summed E-state index contributed by atoms with van der Waals surface area (Å²) >= 11 is 0. The number of hydrogen-bond donors (Lipinski definition) is 2. The molecule has 0 aliphatic heterocycles. The first-order valence-corrected chi connectivity index (χ1v) is 10.5. The average Bonchev–Trinajstić information content (AvgIpc) is 2.80. The summed E-state index contributed by atoms with van der Waals surface area (Å²) in [6.45, 7) is 1.76. The van der Waals surface area contributed by atoms with Crippen molar-refractivity contribution in [2.75, 3.05) is 0 Å². The maximum atomic E-state index is 13.4. The molecule has 0 saturated heterocycles. The second kappa shape index (κ2) is 9.27. The number of carbonyl (C=O) groups is 2. The lowest BCUT2D eigenvalue weighted by atomic mass is 10.0. The van der Waals surface area contributed by atoms with Crippen molar-refractivity contribution in [2.24, 2.45) is 0 Å². The SMILES string of the molecule is CC(NC(=O)c1ccc2c(=O)n(-c3ccc(F)cc3)c(CC(=O)O)cc2c1)c1ccc(F)cc1. The lowest BCUT2D eigenvalue weighted by Crippen LogP contribution is -2.27. The zero-order valence-electron chi connectivity index (χ0n) is 18.1. The van der Waals surface area contributed by atoms with Crippen LogP contribution in [0.4, 0.5) is 8.78 Å². The number of amides is 1. The predicted octanol–water partition coefficient (Wildman–Crippen LogP) is 4.39. The third-order valence-electron chi connectivity index (χ3n) is 5.49. The fourth-order valence-electron chi connectivity index (χ4n) is 3.79. The number of pyridine rings is 1. The van der Waals surface area contributed by atoms with Crippen LogP contribution in [0.25, 0.3) is 16.5 Å². The Morgan fingerprint density at radius 2 is 1.56 bits per heavy atom. The van der Waals surface area contributed by atoms with E-state index < -0.39 is 35.7 Å². The molecule has 2 N–H and O–H groups in total. The van der Waals surface area contributed by atoms with Gasteiger partial charge in [-0.25, -0.2) is 8.78 Å². The first-order chi connectivity index (χ1) is 16.2. The Morgan fingerprint density at radius 3 is 2.18 bits per heavy atom. The Kier molecular flexibility index (Phi) is 6.23. The maximum absolute atomic E-state index is 13.4. The van der Waals surface area contributed by atoms with Crippen molar-refractivity contribution in [3.63, 3.8) is 0 Å². The number of carbonyl (C=O) groups excluding carboxylic acids is 1. The first kappa shape index (κ1) is 22.8. The van der Waals surface area contributed by atoms with Crippen molar-refractivity contribution >= 4 is 22.6 Å². The number of aromatic nitrogens is 1. The van der Waals surface area contributed by atoms with E-state index in [1.54, 1.807) is 19.1 Å². The summed E-state index contributed by atoms with van der Waals surface area (Å²) in [6.07, 6.45) is -0.444. The van der Waals surface area contributed by atoms with Gasteiger partial charge < -0.3 is 10.4 Å². The second-order valence-corrected chi connectivity index (χ2v) is 7.87. The van der Waals surface area contributed by atoms with E-state index in [2.05, 4.69) is 5.32 Å². The van der Waals surface area contributed by atoms with Gasteiger partial charge in [0.1, 0.15) is 11.6 Å². The van der Waals surface area contributed by atoms with Crippen LogP contribution in [0.2, 0.25) is 0 Å². The molecule has 1 heterocycles. The maximum Gasteiger partial charge on any atom is 0.309 e. The molecule has 4 aromatic rings. The fourth-order valence-corrected chi connectivity index (χ4v) is 3.79. The Balaban J connectivity index is 1.73. The molecular formula is C26H20F2N2O4. The van der Waals surface area contributed by atoms with E-state index >= 15 is 0 Å². The molecule has 3 aromatic carbocycles. The number of carboxylic acid groups (broad SMARTS) is 1. The van der Waals surface area contributed by atoms with Gasteiger partial charge in [-0.15, -0.1) is 0 Å². The average molecular weight is 462 g/mol. The molecule has 1 atom stereocenters. The number of halogens is 2. The highest BCUT2D eigenvalue weighted by Crippen LogP contribution is 2.20. The molecule has 1 aromatic heterocycles. The molecule has 0 bridgehead atoms. The van der Waals surface area contributed by atoms with E-state index in [4.69, 9.17) is 0 Å². The number of nitrogens with one attached hydrogen (secondary N) is 1. The number of nitrogens with zero attached hydrogens (tertiary/aromatic N) is 1. The molecular weight excluding hydrogens is 442 g/mol. The van der Waals surface area contributed by atoms with Gasteiger partial charge in [-0.05, 0) is 78.5 Å². The molecule has 1 unspecified atom stereocenters. The Labute approximate surface area is 193 Å². The molecule has 0 aliphatic rings. The summed E-state index contributed by atoms with van der Waals surface area (Å²) in [7, 11) is 0. The van der Waals surface area contributed by atoms with Crippen molar-refractivity contribution in [2.45, 2.75) is 19.4 Å². The van der Waals surface area contributed by atoms with E-state index in [0.717, 1.165) is 5.56 Å². The highest BCUT2D eigenvalue weighted by atomic mass is 19.1. The van der Waals surface area contributed by atoms with Gasteiger partial charge in [0.2, 0.25) is 0 Å². The lowest BCUT2D eigenvalue weighted by molar-refractivity contribution is -0.136. The third kappa shape index (κ3) is 4.71. The minimum atomic E-state index is -1.14. The third-order valence-corrected chi connectivity index (χ3v) is 5.49. The number of hydrogen-bond acceptors (Lipinski definition) is 3. The van der Waals surface area contributed by atoms with E-state index in [1.807, 2.05) is 0 Å². The first-order valence-electron chi connectivity index (χ1n) is 10.5. The van der Waals surface area contributed by atoms with Crippen LogP contribution in [0, 0.1) is 11.6 Å². The van der Waals surface area contributed by atoms with Gasteiger partial charge in [-0.2, -0.15) is 0 Å². The van der Waals surface area contributed by atoms with Crippen LogP contribution < -0.4 is 10.9 Å². The van der Waals surface area contributed by atoms with Gasteiger partial charge in [-0.3, -0.25) is 19.0 Å². The molecule has 6 nitrogen and oxygen atoms in total. The van der Waals surface area contributed by atoms with Gasteiger partial charge in [0, 0.05) is 22.3 Å². The van der Waals surface area contributed by atoms with Crippen molar-refractivity contribution in [3.8, 4) is 5.69 Å².